The van der Waals surface area contributed by atoms with E-state index in [0.29, 0.717) is 25.9 Å². The van der Waals surface area contributed by atoms with Crippen molar-refractivity contribution in [3.8, 4) is 5.75 Å². The average molecular weight is 497 g/mol. The largest absolute Gasteiger partial charge is 0.507 e. The number of halogens is 3. The van der Waals surface area contributed by atoms with Crippen molar-refractivity contribution in [1.29, 1.82) is 0 Å². The minimum absolute atomic E-state index is 0.0669. The Hall–Kier alpha value is -1.09. The van der Waals surface area contributed by atoms with Crippen LogP contribution in [0.2, 0.25) is 10.0 Å². The molecule has 10 heteroatoms. The van der Waals surface area contributed by atoms with E-state index in [4.69, 9.17) is 27.9 Å². The van der Waals surface area contributed by atoms with Crippen molar-refractivity contribution in [3.63, 3.8) is 0 Å². The highest BCUT2D eigenvalue weighted by Crippen LogP contribution is 2.42. The molecule has 1 fully saturated rings. The number of hydrogen-bond acceptors (Lipinski definition) is 4. The van der Waals surface area contributed by atoms with Gasteiger partial charge in [-0.2, -0.15) is 0 Å². The Morgan fingerprint density at radius 1 is 1.26 bits per heavy atom. The Morgan fingerprint density at radius 2 is 1.81 bits per heavy atom. The Morgan fingerprint density at radius 3 is 2.29 bits per heavy atom. The summed E-state index contributed by atoms with van der Waals surface area (Å²) in [6.07, 6.45) is 0.590. The van der Waals surface area contributed by atoms with Gasteiger partial charge in [-0.3, -0.25) is 0 Å². The van der Waals surface area contributed by atoms with E-state index in [1.54, 1.807) is 46.4 Å². The molecule has 1 aliphatic rings. The number of aromatic hydroxyl groups is 1. The minimum atomic E-state index is -1.54. The molecule has 176 valence electrons. The number of nitrogens with one attached hydrogen (secondary N) is 1. The lowest BCUT2D eigenvalue weighted by Gasteiger charge is -2.38. The Kier molecular flexibility index (Phi) is 8.28. The second-order valence-electron chi connectivity index (χ2n) is 9.70. The number of rotatable bonds is 4. The van der Waals surface area contributed by atoms with Crippen LogP contribution in [0.15, 0.2) is 6.07 Å². The summed E-state index contributed by atoms with van der Waals surface area (Å²) in [5, 5.41) is 10.1. The summed E-state index contributed by atoms with van der Waals surface area (Å²) in [5.41, 5.74) is -0.668. The standard InChI is InChI=1S/C21H31Cl2FN2O4S/c1-20(2,3)30-19(28)26-9-7-12(8-10-26)18(25-31(29)21(4,5)6)15-14(27)11-13(22)16(23)17(15)24/h11-12,18,25,27H,7-10H2,1-6H3/t18-,31?/m0/s1. The van der Waals surface area contributed by atoms with E-state index < -0.39 is 39.3 Å². The molecule has 0 radical (unpaired) electrons. The van der Waals surface area contributed by atoms with Crippen LogP contribution in [0.5, 0.6) is 5.75 Å². The molecule has 6 nitrogen and oxygen atoms in total. The third-order valence-corrected chi connectivity index (χ3v) is 7.29. The van der Waals surface area contributed by atoms with Crippen molar-refractivity contribution in [2.24, 2.45) is 5.92 Å². The molecule has 1 aromatic rings. The molecule has 2 atom stereocenters. The number of nitrogens with zero attached hydrogens (tertiary/aromatic N) is 1. The predicted molar refractivity (Wildman–Crippen MR) is 122 cm³/mol. The summed E-state index contributed by atoms with van der Waals surface area (Å²) in [4.78, 5) is 14.0. The molecular weight excluding hydrogens is 466 g/mol. The van der Waals surface area contributed by atoms with Gasteiger partial charge in [0.1, 0.15) is 11.4 Å². The lowest BCUT2D eigenvalue weighted by atomic mass is 9.85. The van der Waals surface area contributed by atoms with E-state index in [9.17, 15) is 14.1 Å². The molecule has 1 saturated heterocycles. The smallest absolute Gasteiger partial charge is 0.410 e. The number of phenols is 1. The number of carbonyl (C=O) groups excluding carboxylic acids is 1. The molecule has 2 rings (SSSR count). The maximum absolute atomic E-state index is 15.1. The number of hydrogen-bond donors (Lipinski definition) is 2. The first-order valence-electron chi connectivity index (χ1n) is 10.1. The van der Waals surface area contributed by atoms with Crippen molar-refractivity contribution in [2.45, 2.75) is 70.8 Å². The zero-order valence-electron chi connectivity index (χ0n) is 18.7. The first kappa shape index (κ1) is 26.2. The molecule has 31 heavy (non-hydrogen) atoms. The van der Waals surface area contributed by atoms with Gasteiger partial charge in [-0.25, -0.2) is 18.1 Å². The summed E-state index contributed by atoms with van der Waals surface area (Å²) in [5.74, 6) is -1.41. The van der Waals surface area contributed by atoms with E-state index in [0.717, 1.165) is 0 Å². The topological polar surface area (TPSA) is 78.9 Å². The van der Waals surface area contributed by atoms with Crippen LogP contribution in [0.3, 0.4) is 0 Å². The fourth-order valence-electron chi connectivity index (χ4n) is 3.32. The molecule has 1 unspecified atom stereocenters. The highest BCUT2D eigenvalue weighted by molar-refractivity contribution is 7.84. The van der Waals surface area contributed by atoms with Crippen LogP contribution >= 0.6 is 23.2 Å². The maximum atomic E-state index is 15.1. The molecular formula is C21H31Cl2FN2O4S. The van der Waals surface area contributed by atoms with E-state index in [2.05, 4.69) is 4.72 Å². The molecule has 0 bridgehead atoms. The van der Waals surface area contributed by atoms with Gasteiger partial charge >= 0.3 is 6.09 Å². The van der Waals surface area contributed by atoms with Crippen molar-refractivity contribution in [1.82, 2.24) is 9.62 Å². The highest BCUT2D eigenvalue weighted by atomic mass is 35.5. The van der Waals surface area contributed by atoms with Crippen LogP contribution in [0.25, 0.3) is 0 Å². The first-order valence-corrected chi connectivity index (χ1v) is 12.0. The molecule has 1 aliphatic heterocycles. The molecule has 0 aromatic heterocycles. The first-order chi connectivity index (χ1) is 14.1. The molecule has 2 N–H and O–H groups in total. The van der Waals surface area contributed by atoms with Gasteiger partial charge < -0.3 is 14.7 Å². The lowest BCUT2D eigenvalue weighted by molar-refractivity contribution is 0.0171. The molecule has 1 aromatic carbocycles. The highest BCUT2D eigenvalue weighted by Gasteiger charge is 2.37. The molecule has 1 heterocycles. The number of amides is 1. The molecule has 0 aliphatic carbocycles. The summed E-state index contributed by atoms with van der Waals surface area (Å²) in [6, 6.07) is 0.405. The minimum Gasteiger partial charge on any atom is -0.507 e. The van der Waals surface area contributed by atoms with Gasteiger partial charge in [-0.1, -0.05) is 23.2 Å². The van der Waals surface area contributed by atoms with Crippen LogP contribution in [-0.2, 0) is 15.7 Å². The van der Waals surface area contributed by atoms with Gasteiger partial charge in [0.2, 0.25) is 0 Å². The fraction of sp³-hybridized carbons (Fsp3) is 0.667. The molecule has 0 spiro atoms. The van der Waals surface area contributed by atoms with Crippen LogP contribution in [0.4, 0.5) is 9.18 Å². The zero-order chi connectivity index (χ0) is 23.7. The Balaban J connectivity index is 2.31. The van der Waals surface area contributed by atoms with Gasteiger partial charge in [0, 0.05) is 24.7 Å². The summed E-state index contributed by atoms with van der Waals surface area (Å²) < 4.78 is 35.7. The van der Waals surface area contributed by atoms with Crippen LogP contribution in [0, 0.1) is 11.7 Å². The maximum Gasteiger partial charge on any atom is 0.410 e. The third-order valence-electron chi connectivity index (χ3n) is 4.94. The van der Waals surface area contributed by atoms with Crippen LogP contribution in [-0.4, -0.2) is 43.7 Å². The third kappa shape index (κ3) is 6.70. The van der Waals surface area contributed by atoms with Crippen LogP contribution in [0.1, 0.15) is 66.0 Å². The Bertz CT molecular complexity index is 847. The lowest BCUT2D eigenvalue weighted by Crippen LogP contribution is -2.45. The van der Waals surface area contributed by atoms with Gasteiger partial charge in [0.05, 0.1) is 31.8 Å². The number of ether oxygens (including phenoxy) is 1. The number of likely N-dealkylation sites (tertiary alicyclic amines) is 1. The summed E-state index contributed by atoms with van der Waals surface area (Å²) in [6.45, 7) is 11.6. The van der Waals surface area contributed by atoms with Crippen molar-refractivity contribution in [3.05, 3.63) is 27.5 Å². The van der Waals surface area contributed by atoms with Gasteiger partial charge in [-0.15, -0.1) is 0 Å². The average Bonchev–Trinajstić information content (AvgIpc) is 2.63. The predicted octanol–water partition coefficient (Wildman–Crippen LogP) is 5.58. The normalized spacial score (nSPS) is 18.0. The van der Waals surface area contributed by atoms with E-state index >= 15 is 4.39 Å². The van der Waals surface area contributed by atoms with E-state index in [-0.39, 0.29) is 27.3 Å². The zero-order valence-corrected chi connectivity index (χ0v) is 21.1. The monoisotopic (exact) mass is 496 g/mol. The summed E-state index contributed by atoms with van der Waals surface area (Å²) >= 11 is 11.9. The second kappa shape index (κ2) is 9.81. The SMILES string of the molecule is CC(C)(C)OC(=O)N1CCC([C@H](NS(=O)C(C)(C)C)c2c(O)cc(Cl)c(Cl)c2F)CC1. The second-order valence-corrected chi connectivity index (χ2v) is 12.5. The molecule has 0 saturated carbocycles. The van der Waals surface area contributed by atoms with Crippen molar-refractivity contribution < 1.29 is 23.2 Å². The van der Waals surface area contributed by atoms with Gasteiger partial charge in [0.25, 0.3) is 0 Å². The number of piperidine rings is 1. The number of carbonyl (C=O) groups is 1. The molecule has 1 amide bonds. The van der Waals surface area contributed by atoms with Crippen LogP contribution < -0.4 is 4.72 Å². The fourth-order valence-corrected chi connectivity index (χ4v) is 4.55. The summed E-state index contributed by atoms with van der Waals surface area (Å²) in [7, 11) is -1.54. The van der Waals surface area contributed by atoms with Crippen molar-refractivity contribution in [2.75, 3.05) is 13.1 Å². The number of benzene rings is 1. The van der Waals surface area contributed by atoms with E-state index in [1.165, 1.54) is 6.07 Å². The van der Waals surface area contributed by atoms with E-state index in [1.807, 2.05) is 0 Å². The van der Waals surface area contributed by atoms with Crippen molar-refractivity contribution >= 4 is 40.3 Å². The number of phenolic OH excluding ortho intramolecular Hbond substituents is 1. The van der Waals surface area contributed by atoms with Gasteiger partial charge in [0.15, 0.2) is 5.82 Å². The quantitative estimate of drug-likeness (QED) is 0.533. The van der Waals surface area contributed by atoms with Gasteiger partial charge in [-0.05, 0) is 60.3 Å². The Labute approximate surface area is 196 Å².